The Morgan fingerprint density at radius 1 is 0.542 bits per heavy atom. The molecule has 3 aromatic carbocycles. The summed E-state index contributed by atoms with van der Waals surface area (Å²) in [6.07, 6.45) is 3.24. The molecular formula is C20H16N2O2. The van der Waals surface area contributed by atoms with Gasteiger partial charge in [-0.15, -0.1) is 0 Å². The summed E-state index contributed by atoms with van der Waals surface area (Å²) in [6.45, 7) is 0. The minimum Gasteiger partial charge on any atom is -0.507 e. The minimum atomic E-state index is 0.199. The molecule has 0 aromatic heterocycles. The lowest BCUT2D eigenvalue weighted by Crippen LogP contribution is -1.81. The van der Waals surface area contributed by atoms with Crippen molar-refractivity contribution < 1.29 is 10.2 Å². The van der Waals surface area contributed by atoms with Crippen LogP contribution in [0.4, 0.5) is 11.4 Å². The number of hydrogen-bond donors (Lipinski definition) is 2. The molecule has 0 aliphatic heterocycles. The molecule has 0 heterocycles. The van der Waals surface area contributed by atoms with Crippen LogP contribution in [0.3, 0.4) is 0 Å². The van der Waals surface area contributed by atoms with E-state index < -0.39 is 0 Å². The minimum absolute atomic E-state index is 0.199. The second kappa shape index (κ2) is 7.24. The van der Waals surface area contributed by atoms with Crippen LogP contribution in [-0.2, 0) is 0 Å². The zero-order valence-corrected chi connectivity index (χ0v) is 12.9. The number of phenolic OH excluding ortho intramolecular Hbond substituents is 2. The molecule has 0 amide bonds. The van der Waals surface area contributed by atoms with Gasteiger partial charge in [-0.2, -0.15) is 0 Å². The van der Waals surface area contributed by atoms with E-state index in [1.165, 1.54) is 0 Å². The number of hydrogen-bond acceptors (Lipinski definition) is 4. The predicted molar refractivity (Wildman–Crippen MR) is 97.2 cm³/mol. The fraction of sp³-hybridized carbons (Fsp3) is 0. The van der Waals surface area contributed by atoms with E-state index in [2.05, 4.69) is 9.98 Å². The van der Waals surface area contributed by atoms with E-state index in [0.717, 1.165) is 11.4 Å². The van der Waals surface area contributed by atoms with Gasteiger partial charge in [-0.1, -0.05) is 24.3 Å². The van der Waals surface area contributed by atoms with Crippen LogP contribution in [0.1, 0.15) is 11.1 Å². The summed E-state index contributed by atoms with van der Waals surface area (Å²) in [5.74, 6) is 0.398. The molecule has 118 valence electrons. The number of aromatic hydroxyl groups is 2. The lowest BCUT2D eigenvalue weighted by molar-refractivity contribution is 0.474. The molecule has 0 spiro atoms. The van der Waals surface area contributed by atoms with E-state index in [1.807, 2.05) is 36.4 Å². The molecule has 4 heteroatoms. The molecule has 0 bridgehead atoms. The molecule has 3 rings (SSSR count). The largest absolute Gasteiger partial charge is 0.507 e. The van der Waals surface area contributed by atoms with Gasteiger partial charge >= 0.3 is 0 Å². The van der Waals surface area contributed by atoms with Gasteiger partial charge in [0.15, 0.2) is 0 Å². The number of nitrogens with zero attached hydrogens (tertiary/aromatic N) is 2. The van der Waals surface area contributed by atoms with Crippen molar-refractivity contribution in [3.05, 3.63) is 83.9 Å². The molecule has 2 N–H and O–H groups in total. The predicted octanol–water partition coefficient (Wildman–Crippen LogP) is 4.60. The van der Waals surface area contributed by atoms with Crippen molar-refractivity contribution >= 4 is 23.8 Å². The zero-order chi connectivity index (χ0) is 16.8. The van der Waals surface area contributed by atoms with Crippen molar-refractivity contribution in [2.45, 2.75) is 0 Å². The number of rotatable bonds is 4. The topological polar surface area (TPSA) is 65.2 Å². The molecule has 0 radical (unpaired) electrons. The van der Waals surface area contributed by atoms with E-state index in [-0.39, 0.29) is 11.5 Å². The lowest BCUT2D eigenvalue weighted by Gasteiger charge is -1.99. The summed E-state index contributed by atoms with van der Waals surface area (Å²) < 4.78 is 0. The van der Waals surface area contributed by atoms with E-state index >= 15 is 0 Å². The number of benzene rings is 3. The smallest absolute Gasteiger partial charge is 0.124 e. The molecule has 0 atom stereocenters. The van der Waals surface area contributed by atoms with E-state index in [1.54, 1.807) is 48.8 Å². The molecule has 0 fully saturated rings. The van der Waals surface area contributed by atoms with Gasteiger partial charge in [0.05, 0.1) is 11.4 Å². The maximum absolute atomic E-state index is 9.70. The Bertz CT molecular complexity index is 810. The third-order valence-corrected chi connectivity index (χ3v) is 3.43. The Kier molecular flexibility index (Phi) is 4.68. The summed E-state index contributed by atoms with van der Waals surface area (Å²) >= 11 is 0. The van der Waals surface area contributed by atoms with Crippen LogP contribution in [0.5, 0.6) is 11.5 Å². The first kappa shape index (κ1) is 15.5. The normalized spacial score (nSPS) is 11.3. The van der Waals surface area contributed by atoms with Gasteiger partial charge in [-0.05, 0) is 48.5 Å². The highest BCUT2D eigenvalue weighted by Gasteiger charge is 1.97. The van der Waals surface area contributed by atoms with Crippen LogP contribution >= 0.6 is 0 Å². The van der Waals surface area contributed by atoms with Crippen molar-refractivity contribution in [1.29, 1.82) is 0 Å². The van der Waals surface area contributed by atoms with Crippen molar-refractivity contribution in [2.24, 2.45) is 9.98 Å². The number of phenols is 2. The van der Waals surface area contributed by atoms with E-state index in [4.69, 9.17) is 0 Å². The third kappa shape index (κ3) is 3.87. The van der Waals surface area contributed by atoms with Crippen molar-refractivity contribution in [1.82, 2.24) is 0 Å². The van der Waals surface area contributed by atoms with Gasteiger partial charge in [0.25, 0.3) is 0 Å². The van der Waals surface area contributed by atoms with Crippen LogP contribution in [0, 0.1) is 0 Å². The molecule has 0 saturated heterocycles. The molecule has 24 heavy (non-hydrogen) atoms. The van der Waals surface area contributed by atoms with Crippen molar-refractivity contribution in [3.8, 4) is 11.5 Å². The van der Waals surface area contributed by atoms with Gasteiger partial charge in [0, 0.05) is 23.6 Å². The average molecular weight is 316 g/mol. The second-order valence-electron chi connectivity index (χ2n) is 5.15. The van der Waals surface area contributed by atoms with Crippen molar-refractivity contribution in [2.75, 3.05) is 0 Å². The van der Waals surface area contributed by atoms with Gasteiger partial charge in [0.1, 0.15) is 11.5 Å². The maximum atomic E-state index is 9.70. The third-order valence-electron chi connectivity index (χ3n) is 3.43. The lowest BCUT2D eigenvalue weighted by atomic mass is 10.2. The Balaban J connectivity index is 1.72. The fourth-order valence-corrected chi connectivity index (χ4v) is 2.11. The molecule has 3 aromatic rings. The monoisotopic (exact) mass is 316 g/mol. The standard InChI is InChI=1S/C20H16N2O2/c23-19-7-3-1-5-15(19)13-21-17-9-11-18(12-10-17)22-14-16-6-2-4-8-20(16)24/h1-14,23-24H/b21-13+,22-14+. The van der Waals surface area contributed by atoms with Crippen LogP contribution in [0.15, 0.2) is 82.8 Å². The number of para-hydroxylation sites is 2. The first-order chi connectivity index (χ1) is 11.7. The van der Waals surface area contributed by atoms with Crippen LogP contribution in [0.2, 0.25) is 0 Å². The molecular weight excluding hydrogens is 300 g/mol. The van der Waals surface area contributed by atoms with Gasteiger partial charge in [0.2, 0.25) is 0 Å². The van der Waals surface area contributed by atoms with Gasteiger partial charge in [-0.3, -0.25) is 9.98 Å². The van der Waals surface area contributed by atoms with E-state index in [9.17, 15) is 10.2 Å². The molecule has 0 saturated carbocycles. The summed E-state index contributed by atoms with van der Waals surface area (Å²) in [5.41, 5.74) is 2.86. The van der Waals surface area contributed by atoms with Gasteiger partial charge in [-0.25, -0.2) is 0 Å². The molecule has 4 nitrogen and oxygen atoms in total. The average Bonchev–Trinajstić information content (AvgIpc) is 2.61. The van der Waals surface area contributed by atoms with Crippen LogP contribution in [0.25, 0.3) is 0 Å². The van der Waals surface area contributed by atoms with Crippen LogP contribution < -0.4 is 0 Å². The summed E-state index contributed by atoms with van der Waals surface area (Å²) in [6, 6.07) is 21.4. The Morgan fingerprint density at radius 3 is 1.29 bits per heavy atom. The van der Waals surface area contributed by atoms with Crippen molar-refractivity contribution in [3.63, 3.8) is 0 Å². The Hall–Kier alpha value is -3.40. The Labute approximate surface area is 140 Å². The maximum Gasteiger partial charge on any atom is 0.124 e. The first-order valence-corrected chi connectivity index (χ1v) is 7.46. The summed E-state index contributed by atoms with van der Waals surface area (Å²) in [5, 5.41) is 19.4. The highest BCUT2D eigenvalue weighted by Crippen LogP contribution is 2.21. The fourth-order valence-electron chi connectivity index (χ4n) is 2.11. The quantitative estimate of drug-likeness (QED) is 0.691. The van der Waals surface area contributed by atoms with Crippen LogP contribution in [-0.4, -0.2) is 22.6 Å². The van der Waals surface area contributed by atoms with Gasteiger partial charge < -0.3 is 10.2 Å². The molecule has 0 aliphatic rings. The first-order valence-electron chi connectivity index (χ1n) is 7.46. The molecule has 0 unspecified atom stereocenters. The second-order valence-corrected chi connectivity index (χ2v) is 5.15. The molecule has 0 aliphatic carbocycles. The highest BCUT2D eigenvalue weighted by atomic mass is 16.3. The summed E-state index contributed by atoms with van der Waals surface area (Å²) in [4.78, 5) is 8.67. The SMILES string of the molecule is Oc1ccccc1/C=N/c1ccc(/N=C/c2ccccc2O)cc1. The highest BCUT2D eigenvalue weighted by molar-refractivity contribution is 5.86. The van der Waals surface area contributed by atoms with E-state index in [0.29, 0.717) is 11.1 Å². The Morgan fingerprint density at radius 2 is 0.917 bits per heavy atom. The summed E-state index contributed by atoms with van der Waals surface area (Å²) in [7, 11) is 0. The zero-order valence-electron chi connectivity index (χ0n) is 12.9. The number of aliphatic imine (C=N–C) groups is 2.